The van der Waals surface area contributed by atoms with E-state index in [1.165, 1.54) is 0 Å². The van der Waals surface area contributed by atoms with Crippen molar-refractivity contribution >= 4 is 88.2 Å². The maximum atomic E-state index is 12.6. The Morgan fingerprint density at radius 3 is 0.797 bits per heavy atom. The Labute approximate surface area is 753 Å². The summed E-state index contributed by atoms with van der Waals surface area (Å²) in [5.74, 6) is -5.05. The van der Waals surface area contributed by atoms with Crippen LogP contribution in [0.2, 0.25) is 0 Å². The Bertz CT molecular complexity index is 3400. The zero-order valence-electron chi connectivity index (χ0n) is 74.6. The van der Waals surface area contributed by atoms with Crippen LogP contribution in [0.3, 0.4) is 0 Å². The van der Waals surface area contributed by atoms with Crippen molar-refractivity contribution in [1.82, 2.24) is 10.6 Å². The summed E-state index contributed by atoms with van der Waals surface area (Å²) in [6, 6.07) is 15.9. The Balaban J connectivity index is -0.000000490. The molecule has 41 heteroatoms. The van der Waals surface area contributed by atoms with Gasteiger partial charge in [0, 0.05) is 53.5 Å². The van der Waals surface area contributed by atoms with Gasteiger partial charge in [-0.1, -0.05) is 107 Å². The molecule has 0 aliphatic carbocycles. The first-order chi connectivity index (χ1) is 60.9. The SMILES string of the molecule is C=C(C)C(=C)OCCOCCOCCOC(=O)C(=C)C.C=C(C)C(=O)Cl.C=C(C)C(=O)OCCOCCOCCO.C=C(C)C(=O)OCCOCCOCCO.C=C(C)C(=O)OCCOCCOCCOC(=O)CCC(=O)[C@H](CCC(N)=O)NC(=O)OCc1ccccc1.NC(=O)CC[C@H](NC(=O)OCc1ccccc1)C(=O)CCC(=O)O.OCCOCCOCCO. The number of carboxylic acid groups (broad SMARTS) is 1. The van der Waals surface area contributed by atoms with E-state index in [1.54, 1.807) is 83.1 Å². The molecular formula is C87H135ClN4O36. The molecule has 0 fully saturated rings. The fraction of sp³-hybridized carbons (Fsp3) is 0.552. The molecule has 0 aliphatic heterocycles. The van der Waals surface area contributed by atoms with Crippen LogP contribution < -0.4 is 22.1 Å². The van der Waals surface area contributed by atoms with Crippen LogP contribution in [-0.2, 0) is 151 Å². The monoisotopic (exact) mass is 1850 g/mol. The number of carboxylic acids is 1. The molecule has 0 saturated carbocycles. The highest BCUT2D eigenvalue weighted by molar-refractivity contribution is 6.67. The van der Waals surface area contributed by atoms with Gasteiger partial charge in [-0.15, -0.1) is 0 Å². The second-order valence-electron chi connectivity index (χ2n) is 25.9. The number of aliphatic carboxylic acids is 1. The fourth-order valence-corrected chi connectivity index (χ4v) is 7.59. The van der Waals surface area contributed by atoms with Crippen molar-refractivity contribution in [1.29, 1.82) is 0 Å². The number of esters is 5. The van der Waals surface area contributed by atoms with Crippen LogP contribution >= 0.6 is 11.6 Å². The number of carbonyl (C=O) groups is 13. The van der Waals surface area contributed by atoms with Crippen molar-refractivity contribution in [2.75, 3.05) is 198 Å². The Hall–Kier alpha value is -10.5. The second kappa shape index (κ2) is 89.8. The normalized spacial score (nSPS) is 10.5. The smallest absolute Gasteiger partial charge is 0.408 e. The van der Waals surface area contributed by atoms with Gasteiger partial charge in [-0.25, -0.2) is 28.8 Å². The molecular weight excluding hydrogens is 1710 g/mol. The highest BCUT2D eigenvalue weighted by atomic mass is 35.5. The van der Waals surface area contributed by atoms with Crippen LogP contribution in [0, 0.1) is 0 Å². The van der Waals surface area contributed by atoms with E-state index >= 15 is 0 Å². The lowest BCUT2D eigenvalue weighted by Gasteiger charge is -2.17. The number of alkyl carbamates (subject to hydrolysis) is 2. The van der Waals surface area contributed by atoms with E-state index in [9.17, 15) is 62.3 Å². The number of carbonyl (C=O) groups excluding carboxylic acids is 12. The van der Waals surface area contributed by atoms with E-state index < -0.39 is 88.7 Å². The molecule has 0 saturated heterocycles. The van der Waals surface area contributed by atoms with Crippen LogP contribution in [0.4, 0.5) is 9.59 Å². The quantitative estimate of drug-likeness (QED) is 0.00760. The Morgan fingerprint density at radius 1 is 0.320 bits per heavy atom. The summed E-state index contributed by atoms with van der Waals surface area (Å²) in [4.78, 5) is 147. The van der Waals surface area contributed by atoms with Gasteiger partial charge in [0.25, 0.3) is 0 Å². The molecule has 2 rings (SSSR count). The molecule has 0 bridgehead atoms. The maximum absolute atomic E-state index is 12.6. The van der Waals surface area contributed by atoms with Gasteiger partial charge in [0.15, 0.2) is 11.6 Å². The van der Waals surface area contributed by atoms with Gasteiger partial charge >= 0.3 is 48.0 Å². The number of aliphatic hydroxyl groups is 4. The van der Waals surface area contributed by atoms with Crippen molar-refractivity contribution in [2.45, 2.75) is 118 Å². The number of rotatable bonds is 68. The summed E-state index contributed by atoms with van der Waals surface area (Å²) in [6.07, 6.45) is -2.92. The van der Waals surface area contributed by atoms with Gasteiger partial charge in [0.1, 0.15) is 58.6 Å². The topological polar surface area (TPSA) is 565 Å². The van der Waals surface area contributed by atoms with Crippen LogP contribution in [-0.4, -0.2) is 312 Å². The molecule has 11 N–H and O–H groups in total. The van der Waals surface area contributed by atoms with E-state index in [4.69, 9.17) is 134 Å². The number of amides is 4. The van der Waals surface area contributed by atoms with E-state index in [1.807, 2.05) is 19.1 Å². The molecule has 0 spiro atoms. The highest BCUT2D eigenvalue weighted by Gasteiger charge is 2.25. The predicted molar refractivity (Wildman–Crippen MR) is 466 cm³/mol. The van der Waals surface area contributed by atoms with Crippen molar-refractivity contribution in [2.24, 2.45) is 11.5 Å². The van der Waals surface area contributed by atoms with E-state index in [0.717, 1.165) is 16.7 Å². The molecule has 40 nitrogen and oxygen atoms in total. The first-order valence-corrected chi connectivity index (χ1v) is 40.6. The molecule has 0 aliphatic rings. The number of Topliss-reactive ketones (excluding diaryl/α,β-unsaturated/α-hetero) is 2. The minimum absolute atomic E-state index is 0.00573. The van der Waals surface area contributed by atoms with Gasteiger partial charge in [-0.2, -0.15) is 0 Å². The fourth-order valence-electron chi connectivity index (χ4n) is 7.59. The average Bonchev–Trinajstić information content (AvgIpc) is 0.906. The summed E-state index contributed by atoms with van der Waals surface area (Å²) in [6.45, 7) is 42.7. The maximum Gasteiger partial charge on any atom is 0.408 e. The second-order valence-corrected chi connectivity index (χ2v) is 26.2. The number of nitrogens with two attached hydrogens (primary N) is 2. The van der Waals surface area contributed by atoms with E-state index in [-0.39, 0.29) is 150 Å². The van der Waals surface area contributed by atoms with Crippen LogP contribution in [0.15, 0.2) is 146 Å². The number of halogens is 1. The number of ketones is 2. The molecule has 128 heavy (non-hydrogen) atoms. The number of hydrogen-bond acceptors (Lipinski definition) is 35. The van der Waals surface area contributed by atoms with Crippen molar-refractivity contribution < 1.29 is 173 Å². The summed E-state index contributed by atoms with van der Waals surface area (Å²) >= 11 is 4.87. The first-order valence-electron chi connectivity index (χ1n) is 40.2. The third-order valence-electron chi connectivity index (χ3n) is 14.2. The zero-order chi connectivity index (χ0) is 97.4. The molecule has 0 radical (unpaired) electrons. The molecule has 0 aromatic heterocycles. The summed E-state index contributed by atoms with van der Waals surface area (Å²) < 4.78 is 90.6. The van der Waals surface area contributed by atoms with Gasteiger partial charge in [-0.3, -0.25) is 33.6 Å². The summed E-state index contributed by atoms with van der Waals surface area (Å²) in [5, 5.41) is 46.2. The third kappa shape index (κ3) is 91.7. The average molecular weight is 1850 g/mol. The van der Waals surface area contributed by atoms with Gasteiger partial charge < -0.3 is 133 Å². The van der Waals surface area contributed by atoms with Crippen LogP contribution in [0.5, 0.6) is 0 Å². The molecule has 0 heterocycles. The third-order valence-corrected chi connectivity index (χ3v) is 14.5. The number of allylic oxidation sites excluding steroid dienone is 2. The highest BCUT2D eigenvalue weighted by Crippen LogP contribution is 2.11. The number of ether oxygens (including phenoxy) is 18. The number of hydrogen-bond donors (Lipinski definition) is 9. The number of benzene rings is 2. The Kier molecular flexibility index (Phi) is 88.4. The minimum Gasteiger partial charge on any atom is -0.492 e. The van der Waals surface area contributed by atoms with Crippen molar-refractivity contribution in [3.63, 3.8) is 0 Å². The minimum atomic E-state index is -1.12. The van der Waals surface area contributed by atoms with Crippen molar-refractivity contribution in [3.8, 4) is 0 Å². The van der Waals surface area contributed by atoms with E-state index in [2.05, 4.69) is 56.7 Å². The van der Waals surface area contributed by atoms with Crippen molar-refractivity contribution in [3.05, 3.63) is 157 Å². The van der Waals surface area contributed by atoms with Crippen LogP contribution in [0.1, 0.15) is 104 Å². The van der Waals surface area contributed by atoms with E-state index in [0.29, 0.717) is 146 Å². The molecule has 0 unspecified atom stereocenters. The van der Waals surface area contributed by atoms with Gasteiger partial charge in [0.05, 0.1) is 183 Å². The molecule has 2 aromatic rings. The molecule has 2 atom stereocenters. The molecule has 2 aromatic carbocycles. The molecule has 726 valence electrons. The van der Waals surface area contributed by atoms with Gasteiger partial charge in [0.2, 0.25) is 17.1 Å². The molecule has 4 amide bonds. The summed E-state index contributed by atoms with van der Waals surface area (Å²) in [7, 11) is 0. The predicted octanol–water partition coefficient (Wildman–Crippen LogP) is 5.41. The number of aliphatic hydroxyl groups excluding tert-OH is 4. The standard InChI is InChI=1S/C26H36N2O10.C16H20N2O6.C15H24O5.2C10H18O5.C6H14O4.C4H5ClO/c1-19(2)25(32)37-17-15-35-13-12-34-14-16-36-24(31)11-9-22(29)21(8-10-23(27)30)28-26(33)38-18-20-6-4-3-5-7-20;17-14(20)8-6-12(13(19)7-9-15(21)22)18-16(23)24-10-11-4-2-1-3-5-11;1-12(2)14(5)19-10-8-17-6-7-18-9-11-20-15(16)13(3)4;2*1-9(2)10(12)15-8-7-14-6-5-13-4-3-11;7-1-3-9-5-6-10-4-2-8;1-3(2)4(5)6/h3-7,21H,1,8-18H2,2H3,(H2,27,30)(H,28,33);1-5,12H,6-10H2,(H2,17,20)(H,18,23)(H,21,22);1,3,5-11H2,2,4H3;2*11H,1,3-8H2,2H3;7-8H,1-6H2;1H2,2H3/t21-;12-;;;;;/m00...../s1. The Morgan fingerprint density at radius 2 is 0.562 bits per heavy atom. The zero-order valence-corrected chi connectivity index (χ0v) is 75.3. The first kappa shape index (κ1) is 126. The lowest BCUT2D eigenvalue weighted by Crippen LogP contribution is -2.41. The lowest BCUT2D eigenvalue weighted by molar-refractivity contribution is -0.147. The van der Waals surface area contributed by atoms with Crippen LogP contribution in [0.25, 0.3) is 0 Å². The lowest BCUT2D eigenvalue weighted by atomic mass is 10.0. The summed E-state index contributed by atoms with van der Waals surface area (Å²) in [5.41, 5.74) is 14.4. The van der Waals surface area contributed by atoms with Gasteiger partial charge in [-0.05, 0) is 82.7 Å². The largest absolute Gasteiger partial charge is 0.492 e. The number of primary amides is 2. The number of nitrogens with one attached hydrogen (secondary N) is 2.